The van der Waals surface area contributed by atoms with E-state index in [-0.39, 0.29) is 20.5 Å². The highest BCUT2D eigenvalue weighted by molar-refractivity contribution is 7.92. The maximum absolute atomic E-state index is 12.3. The number of methoxy groups -OCH3 is 1. The maximum Gasteiger partial charge on any atom is 0.261 e. The lowest BCUT2D eigenvalue weighted by Crippen LogP contribution is -2.14. The van der Waals surface area contributed by atoms with Gasteiger partial charge in [-0.05, 0) is 42.5 Å². The predicted octanol–water partition coefficient (Wildman–Crippen LogP) is 1.80. The fourth-order valence-corrected chi connectivity index (χ4v) is 3.66. The summed E-state index contributed by atoms with van der Waals surface area (Å²) in [4.78, 5) is -0.174. The summed E-state index contributed by atoms with van der Waals surface area (Å²) in [6, 6.07) is 9.02. The topological polar surface area (TPSA) is 116 Å². The van der Waals surface area contributed by atoms with Gasteiger partial charge in [-0.25, -0.2) is 22.0 Å². The molecule has 0 saturated heterocycles. The zero-order valence-electron chi connectivity index (χ0n) is 11.9. The molecule has 0 heterocycles. The number of hydrogen-bond acceptors (Lipinski definition) is 5. The molecule has 2 aromatic rings. The summed E-state index contributed by atoms with van der Waals surface area (Å²) in [7, 11) is -6.30. The Balaban J connectivity index is 2.29. The van der Waals surface area contributed by atoms with Crippen LogP contribution in [0.3, 0.4) is 0 Å². The number of nitrogens with two attached hydrogens (primary N) is 1. The summed E-state index contributed by atoms with van der Waals surface area (Å²) in [5.41, 5.74) is 0.185. The zero-order valence-corrected chi connectivity index (χ0v) is 14.2. The number of primary sulfonamides is 1. The van der Waals surface area contributed by atoms with Gasteiger partial charge in [-0.1, -0.05) is 11.6 Å². The molecule has 0 spiro atoms. The predicted molar refractivity (Wildman–Crippen MR) is 86.6 cm³/mol. The summed E-state index contributed by atoms with van der Waals surface area (Å²) in [6.45, 7) is 0. The van der Waals surface area contributed by atoms with Gasteiger partial charge in [-0.15, -0.1) is 0 Å². The van der Waals surface area contributed by atoms with Gasteiger partial charge in [0.2, 0.25) is 10.0 Å². The van der Waals surface area contributed by atoms with E-state index in [1.165, 1.54) is 49.6 Å². The number of halogens is 1. The first kappa shape index (κ1) is 17.5. The van der Waals surface area contributed by atoms with E-state index in [4.69, 9.17) is 21.5 Å². The number of ether oxygens (including phenoxy) is 1. The second kappa shape index (κ2) is 6.36. The lowest BCUT2D eigenvalue weighted by molar-refractivity contribution is 0.414. The van der Waals surface area contributed by atoms with E-state index >= 15 is 0 Å². The molecule has 0 saturated carbocycles. The van der Waals surface area contributed by atoms with Crippen LogP contribution in [-0.2, 0) is 20.0 Å². The molecule has 7 nitrogen and oxygen atoms in total. The Hall–Kier alpha value is -1.81. The standard InChI is InChI=1S/C13H13ClN2O5S2/c1-21-13-7-6-11(8-12(13)14)23(19,20)16-9-2-4-10(5-3-9)22(15,17)18/h2-8,16H,1H3,(H2,15,17,18). The van der Waals surface area contributed by atoms with Gasteiger partial charge in [0, 0.05) is 5.69 Å². The molecule has 124 valence electrons. The molecule has 10 heteroatoms. The Kier molecular flexibility index (Phi) is 4.85. The van der Waals surface area contributed by atoms with Crippen molar-refractivity contribution in [2.45, 2.75) is 9.79 Å². The third-order valence-electron chi connectivity index (χ3n) is 2.87. The van der Waals surface area contributed by atoms with Crippen LogP contribution in [0, 0.1) is 0 Å². The largest absolute Gasteiger partial charge is 0.495 e. The van der Waals surface area contributed by atoms with Gasteiger partial charge in [0.1, 0.15) is 5.75 Å². The Morgan fingerprint density at radius 1 is 1.00 bits per heavy atom. The minimum Gasteiger partial charge on any atom is -0.495 e. The smallest absolute Gasteiger partial charge is 0.261 e. The first-order chi connectivity index (χ1) is 10.6. The molecule has 23 heavy (non-hydrogen) atoms. The summed E-state index contributed by atoms with van der Waals surface area (Å²) in [5, 5.41) is 5.13. The monoisotopic (exact) mass is 376 g/mol. The Labute approximate surface area is 139 Å². The molecular weight excluding hydrogens is 364 g/mol. The van der Waals surface area contributed by atoms with Crippen LogP contribution in [-0.4, -0.2) is 23.9 Å². The number of nitrogens with one attached hydrogen (secondary N) is 1. The summed E-state index contributed by atoms with van der Waals surface area (Å²) in [5.74, 6) is 0.350. The van der Waals surface area contributed by atoms with Gasteiger partial charge in [-0.3, -0.25) is 4.72 Å². The SMILES string of the molecule is COc1ccc(S(=O)(=O)Nc2ccc(S(N)(=O)=O)cc2)cc1Cl. The first-order valence-corrected chi connectivity index (χ1v) is 9.53. The van der Waals surface area contributed by atoms with Crippen molar-refractivity contribution in [3.05, 3.63) is 47.5 Å². The summed E-state index contributed by atoms with van der Waals surface area (Å²) in [6.07, 6.45) is 0. The molecule has 0 bridgehead atoms. The second-order valence-electron chi connectivity index (χ2n) is 4.47. The van der Waals surface area contributed by atoms with E-state index in [1.54, 1.807) is 0 Å². The lowest BCUT2D eigenvalue weighted by Gasteiger charge is -2.10. The van der Waals surface area contributed by atoms with Crippen molar-refractivity contribution in [3.63, 3.8) is 0 Å². The molecule has 2 rings (SSSR count). The molecule has 0 aliphatic carbocycles. The highest BCUT2D eigenvalue weighted by Gasteiger charge is 2.17. The minimum absolute atomic E-state index is 0.0566. The zero-order chi connectivity index (χ0) is 17.3. The number of sulfonamides is 2. The van der Waals surface area contributed by atoms with Crippen molar-refractivity contribution in [2.75, 3.05) is 11.8 Å². The molecule has 0 radical (unpaired) electrons. The van der Waals surface area contributed by atoms with Crippen LogP contribution in [0.5, 0.6) is 5.75 Å². The van der Waals surface area contributed by atoms with Crippen molar-refractivity contribution in [1.82, 2.24) is 0 Å². The average Bonchev–Trinajstić information content (AvgIpc) is 2.46. The van der Waals surface area contributed by atoms with Crippen LogP contribution >= 0.6 is 11.6 Å². The molecule has 0 atom stereocenters. The van der Waals surface area contributed by atoms with Gasteiger partial charge >= 0.3 is 0 Å². The van der Waals surface area contributed by atoms with Crippen molar-refractivity contribution < 1.29 is 21.6 Å². The number of benzene rings is 2. The Morgan fingerprint density at radius 2 is 1.57 bits per heavy atom. The molecule has 0 aromatic heterocycles. The van der Waals surface area contributed by atoms with Crippen LogP contribution in [0.2, 0.25) is 5.02 Å². The van der Waals surface area contributed by atoms with Crippen LogP contribution in [0.15, 0.2) is 52.3 Å². The van der Waals surface area contributed by atoms with Crippen LogP contribution < -0.4 is 14.6 Å². The summed E-state index contributed by atoms with van der Waals surface area (Å²) >= 11 is 5.91. The van der Waals surface area contributed by atoms with Crippen molar-refractivity contribution in [2.24, 2.45) is 5.14 Å². The molecule has 0 amide bonds. The number of anilines is 1. The molecule has 0 aliphatic heterocycles. The normalized spacial score (nSPS) is 12.0. The molecule has 3 N–H and O–H groups in total. The van der Waals surface area contributed by atoms with Crippen molar-refractivity contribution in [3.8, 4) is 5.75 Å². The van der Waals surface area contributed by atoms with E-state index in [0.29, 0.717) is 5.75 Å². The fourth-order valence-electron chi connectivity index (χ4n) is 1.74. The van der Waals surface area contributed by atoms with E-state index in [1.807, 2.05) is 0 Å². The average molecular weight is 377 g/mol. The molecule has 0 aliphatic rings. The van der Waals surface area contributed by atoms with Gasteiger partial charge in [0.25, 0.3) is 10.0 Å². The van der Waals surface area contributed by atoms with Crippen molar-refractivity contribution >= 4 is 37.3 Å². The Bertz CT molecular complexity index is 925. The van der Waals surface area contributed by atoms with Gasteiger partial charge in [0.15, 0.2) is 0 Å². The van der Waals surface area contributed by atoms with E-state index < -0.39 is 20.0 Å². The fraction of sp³-hybridized carbons (Fsp3) is 0.0769. The van der Waals surface area contributed by atoms with Crippen LogP contribution in [0.1, 0.15) is 0 Å². The van der Waals surface area contributed by atoms with Gasteiger partial charge < -0.3 is 4.74 Å². The third kappa shape index (κ3) is 4.14. The minimum atomic E-state index is -3.88. The molecule has 0 unspecified atom stereocenters. The quantitative estimate of drug-likeness (QED) is 0.825. The Morgan fingerprint density at radius 3 is 2.04 bits per heavy atom. The molecule has 0 fully saturated rings. The number of rotatable bonds is 5. The summed E-state index contributed by atoms with van der Waals surface area (Å²) < 4.78 is 54.2. The van der Waals surface area contributed by atoms with E-state index in [9.17, 15) is 16.8 Å². The van der Waals surface area contributed by atoms with Crippen LogP contribution in [0.25, 0.3) is 0 Å². The molecule has 2 aromatic carbocycles. The van der Waals surface area contributed by atoms with Gasteiger partial charge in [0.05, 0.1) is 21.9 Å². The molecular formula is C13H13ClN2O5S2. The van der Waals surface area contributed by atoms with E-state index in [0.717, 1.165) is 0 Å². The number of hydrogen-bond donors (Lipinski definition) is 2. The van der Waals surface area contributed by atoms with Crippen molar-refractivity contribution in [1.29, 1.82) is 0 Å². The van der Waals surface area contributed by atoms with Gasteiger partial charge in [-0.2, -0.15) is 0 Å². The highest BCUT2D eigenvalue weighted by Crippen LogP contribution is 2.28. The van der Waals surface area contributed by atoms with Crippen LogP contribution in [0.4, 0.5) is 5.69 Å². The second-order valence-corrected chi connectivity index (χ2v) is 8.12. The third-order valence-corrected chi connectivity index (χ3v) is 5.47. The first-order valence-electron chi connectivity index (χ1n) is 6.13. The van der Waals surface area contributed by atoms with E-state index in [2.05, 4.69) is 4.72 Å². The highest BCUT2D eigenvalue weighted by atomic mass is 35.5. The maximum atomic E-state index is 12.3. The lowest BCUT2D eigenvalue weighted by atomic mass is 10.3.